The monoisotopic (exact) mass is 588 g/mol. The molecule has 0 aliphatic heterocycles. The summed E-state index contributed by atoms with van der Waals surface area (Å²) in [6.45, 7) is 6.47. The number of nitrogens with zero attached hydrogens (tertiary/aromatic N) is 1. The van der Waals surface area contributed by atoms with E-state index in [0.29, 0.717) is 6.04 Å². The molecule has 5 aromatic carbocycles. The number of rotatable bonds is 12. The van der Waals surface area contributed by atoms with Gasteiger partial charge in [-0.3, -0.25) is 10.9 Å². The number of hydrogen-bond acceptors (Lipinski definition) is 9. The van der Waals surface area contributed by atoms with Crippen molar-refractivity contribution < 1.29 is 0 Å². The van der Waals surface area contributed by atoms with Gasteiger partial charge >= 0.3 is 0 Å². The predicted molar refractivity (Wildman–Crippen MR) is 186 cm³/mol. The largest absolute Gasteiger partial charge is 0.382 e. The normalized spacial score (nSPS) is 11.6. The zero-order chi connectivity index (χ0) is 29.6. The van der Waals surface area contributed by atoms with E-state index in [1.165, 1.54) is 5.39 Å². The van der Waals surface area contributed by atoms with Crippen molar-refractivity contribution in [3.63, 3.8) is 0 Å². The van der Waals surface area contributed by atoms with Crippen molar-refractivity contribution in [1.29, 1.82) is 0 Å². The van der Waals surface area contributed by atoms with E-state index in [4.69, 9.17) is 0 Å². The summed E-state index contributed by atoms with van der Waals surface area (Å²) in [5.74, 6) is 0. The van der Waals surface area contributed by atoms with Crippen LogP contribution < -0.4 is 37.9 Å². The van der Waals surface area contributed by atoms with Gasteiger partial charge in [-0.25, -0.2) is 4.98 Å². The molecule has 0 saturated heterocycles. The second-order valence-electron chi connectivity index (χ2n) is 10.5. The topological polar surface area (TPSA) is 97.1 Å². The summed E-state index contributed by atoms with van der Waals surface area (Å²) in [5.41, 5.74) is 27.3. The van der Waals surface area contributed by atoms with E-state index < -0.39 is 0 Å². The minimum absolute atomic E-state index is 0.408. The Kier molecular flexibility index (Phi) is 8.33. The number of anilines is 7. The van der Waals surface area contributed by atoms with Crippen LogP contribution in [0.5, 0.6) is 0 Å². The summed E-state index contributed by atoms with van der Waals surface area (Å²) in [6, 6.07) is 31.9. The lowest BCUT2D eigenvalue weighted by Crippen LogP contribution is -2.14. The fraction of sp³-hybridized carbons (Fsp3) is 0.147. The predicted octanol–water partition coefficient (Wildman–Crippen LogP) is 9.29. The molecule has 0 aliphatic carbocycles. The van der Waals surface area contributed by atoms with Gasteiger partial charge in [-0.15, -0.1) is 11.3 Å². The first-order valence-electron chi connectivity index (χ1n) is 14.5. The van der Waals surface area contributed by atoms with E-state index in [1.807, 2.05) is 17.5 Å². The van der Waals surface area contributed by atoms with E-state index in [2.05, 4.69) is 142 Å². The number of hydrazine groups is 3. The highest BCUT2D eigenvalue weighted by molar-refractivity contribution is 7.13. The van der Waals surface area contributed by atoms with Gasteiger partial charge in [0.05, 0.1) is 28.4 Å². The van der Waals surface area contributed by atoms with Crippen LogP contribution in [0.2, 0.25) is 0 Å². The Morgan fingerprint density at radius 2 is 1.14 bits per heavy atom. The molecule has 0 aliphatic rings. The van der Waals surface area contributed by atoms with Crippen molar-refractivity contribution in [1.82, 2.24) is 4.98 Å². The van der Waals surface area contributed by atoms with Crippen molar-refractivity contribution in [2.24, 2.45) is 0 Å². The molecule has 1 unspecified atom stereocenters. The van der Waals surface area contributed by atoms with E-state index in [1.54, 1.807) is 17.5 Å². The molecule has 1 atom stereocenters. The van der Waals surface area contributed by atoms with Crippen molar-refractivity contribution in [2.45, 2.75) is 33.2 Å². The fourth-order valence-electron chi connectivity index (χ4n) is 4.98. The van der Waals surface area contributed by atoms with Crippen LogP contribution in [0, 0.1) is 6.92 Å². The first kappa shape index (κ1) is 28.0. The van der Waals surface area contributed by atoms with Gasteiger partial charge in [0, 0.05) is 44.9 Å². The van der Waals surface area contributed by atoms with Crippen molar-refractivity contribution in [2.75, 3.05) is 37.9 Å². The summed E-state index contributed by atoms with van der Waals surface area (Å²) in [4.78, 5) is 4.24. The van der Waals surface area contributed by atoms with Gasteiger partial charge in [0.2, 0.25) is 5.13 Å². The number of aryl methyl sites for hydroxylation is 1. The van der Waals surface area contributed by atoms with Crippen LogP contribution in [0.25, 0.3) is 21.5 Å². The molecule has 0 fully saturated rings. The maximum absolute atomic E-state index is 4.24. The SMILES string of the molecule is CCC(C)Nc1ccc(NNc2ccc(NNc3ccc(NNc4nccs4)c(C)c3)c3ccccc23)c2ccccc12. The van der Waals surface area contributed by atoms with Crippen LogP contribution >= 0.6 is 11.3 Å². The lowest BCUT2D eigenvalue weighted by Gasteiger charge is -2.19. The molecule has 0 spiro atoms. The van der Waals surface area contributed by atoms with Gasteiger partial charge in [-0.1, -0.05) is 55.5 Å². The Morgan fingerprint density at radius 1 is 0.628 bits per heavy atom. The van der Waals surface area contributed by atoms with Crippen molar-refractivity contribution in [3.05, 3.63) is 108 Å². The minimum atomic E-state index is 0.408. The molecule has 6 aromatic rings. The van der Waals surface area contributed by atoms with Crippen molar-refractivity contribution >= 4 is 72.1 Å². The van der Waals surface area contributed by atoms with Gasteiger partial charge < -0.3 is 27.0 Å². The van der Waals surface area contributed by atoms with Crippen LogP contribution in [0.1, 0.15) is 25.8 Å². The molecule has 0 bridgehead atoms. The van der Waals surface area contributed by atoms with E-state index in [0.717, 1.165) is 67.4 Å². The molecular weight excluding hydrogens is 552 g/mol. The Morgan fingerprint density at radius 3 is 1.67 bits per heavy atom. The third-order valence-corrected chi connectivity index (χ3v) is 8.19. The highest BCUT2D eigenvalue weighted by Gasteiger charge is 2.10. The summed E-state index contributed by atoms with van der Waals surface area (Å²) in [6.07, 6.45) is 2.84. The summed E-state index contributed by atoms with van der Waals surface area (Å²) in [5, 5.41) is 10.9. The molecule has 1 aromatic heterocycles. The third-order valence-electron chi connectivity index (χ3n) is 7.50. The standard InChI is InChI=1S/C34H36N8S/c1-4-23(3)36-30-15-16-32(26-10-6-5-9-25(26)30)40-41-33-18-17-31(27-11-7-8-12-28(27)33)39-37-24-13-14-29(22(2)21-24)38-42-34-35-19-20-43-34/h5-21,23,36-41H,4H2,1-3H3,(H,35,42). The van der Waals surface area contributed by atoms with Gasteiger partial charge in [-0.2, -0.15) is 0 Å². The van der Waals surface area contributed by atoms with Crippen LogP contribution in [-0.2, 0) is 0 Å². The summed E-state index contributed by atoms with van der Waals surface area (Å²) >= 11 is 1.55. The first-order valence-corrected chi connectivity index (χ1v) is 15.3. The first-order chi connectivity index (χ1) is 21.1. The lowest BCUT2D eigenvalue weighted by molar-refractivity contribution is 0.765. The minimum Gasteiger partial charge on any atom is -0.382 e. The Hall–Kier alpha value is -5.15. The molecule has 218 valence electrons. The zero-order valence-corrected chi connectivity index (χ0v) is 25.3. The van der Waals surface area contributed by atoms with Gasteiger partial charge in [0.15, 0.2) is 0 Å². The number of hydrogen-bond donors (Lipinski definition) is 7. The summed E-state index contributed by atoms with van der Waals surface area (Å²) in [7, 11) is 0. The van der Waals surface area contributed by atoms with E-state index >= 15 is 0 Å². The molecule has 7 N–H and O–H groups in total. The number of benzene rings is 5. The number of aromatic nitrogens is 1. The molecule has 0 amide bonds. The highest BCUT2D eigenvalue weighted by Crippen LogP contribution is 2.33. The second-order valence-corrected chi connectivity index (χ2v) is 11.4. The molecule has 0 saturated carbocycles. The second kappa shape index (κ2) is 12.8. The maximum Gasteiger partial charge on any atom is 0.201 e. The molecule has 43 heavy (non-hydrogen) atoms. The van der Waals surface area contributed by atoms with Crippen molar-refractivity contribution in [3.8, 4) is 0 Å². The Labute approximate surface area is 255 Å². The van der Waals surface area contributed by atoms with Gasteiger partial charge in [0.25, 0.3) is 0 Å². The number of fused-ring (bicyclic) bond motifs is 2. The Bertz CT molecular complexity index is 1840. The zero-order valence-electron chi connectivity index (χ0n) is 24.5. The number of nitrogens with one attached hydrogen (secondary N) is 7. The average molecular weight is 589 g/mol. The maximum atomic E-state index is 4.24. The molecule has 6 rings (SSSR count). The molecule has 8 nitrogen and oxygen atoms in total. The van der Waals surface area contributed by atoms with Crippen LogP contribution in [0.4, 0.5) is 39.3 Å². The molecule has 1 heterocycles. The smallest absolute Gasteiger partial charge is 0.201 e. The van der Waals surface area contributed by atoms with E-state index in [-0.39, 0.29) is 0 Å². The molecule has 9 heteroatoms. The Balaban J connectivity index is 1.16. The van der Waals surface area contributed by atoms with Crippen LogP contribution in [-0.4, -0.2) is 11.0 Å². The fourth-order valence-corrected chi connectivity index (χ4v) is 5.46. The molecular formula is C34H36N8S. The lowest BCUT2D eigenvalue weighted by atomic mass is 10.1. The number of thiazole rings is 1. The molecule has 0 radical (unpaired) electrons. The van der Waals surface area contributed by atoms with Crippen LogP contribution in [0.15, 0.2) is 103 Å². The van der Waals surface area contributed by atoms with Gasteiger partial charge in [0.1, 0.15) is 0 Å². The quantitative estimate of drug-likeness (QED) is 0.0711. The van der Waals surface area contributed by atoms with Crippen LogP contribution in [0.3, 0.4) is 0 Å². The average Bonchev–Trinajstić information content (AvgIpc) is 3.57. The van der Waals surface area contributed by atoms with E-state index in [9.17, 15) is 0 Å². The summed E-state index contributed by atoms with van der Waals surface area (Å²) < 4.78 is 0. The highest BCUT2D eigenvalue weighted by atomic mass is 32.1. The third kappa shape index (κ3) is 6.37. The van der Waals surface area contributed by atoms with Gasteiger partial charge in [-0.05, 0) is 68.3 Å².